The standard InChI is InChI=1S/C16H17BrN2O2/c1-10-7-15(20)18-9-13(10)16(21)19-11(2)8-12-5-3-4-6-14(12)17/h3-7,9,11H,8H2,1-2H3,(H,18,20)(H,19,21)/t11-/m1/s1. The molecule has 0 fully saturated rings. The van der Waals surface area contributed by atoms with Crippen LogP contribution in [0.15, 0.2) is 45.8 Å². The van der Waals surface area contributed by atoms with Crippen LogP contribution >= 0.6 is 15.9 Å². The number of halogens is 1. The smallest absolute Gasteiger partial charge is 0.253 e. The van der Waals surface area contributed by atoms with Gasteiger partial charge in [-0.05, 0) is 37.5 Å². The molecule has 0 aliphatic rings. The van der Waals surface area contributed by atoms with Crippen molar-refractivity contribution in [1.29, 1.82) is 0 Å². The van der Waals surface area contributed by atoms with Gasteiger partial charge in [0.25, 0.3) is 5.91 Å². The van der Waals surface area contributed by atoms with E-state index in [9.17, 15) is 9.59 Å². The first-order valence-corrected chi connectivity index (χ1v) is 7.50. The number of carbonyl (C=O) groups excluding carboxylic acids is 1. The summed E-state index contributed by atoms with van der Waals surface area (Å²) in [6.45, 7) is 3.71. The molecule has 4 nitrogen and oxygen atoms in total. The van der Waals surface area contributed by atoms with Crippen LogP contribution in [-0.2, 0) is 6.42 Å². The van der Waals surface area contributed by atoms with Gasteiger partial charge in [0.1, 0.15) is 0 Å². The summed E-state index contributed by atoms with van der Waals surface area (Å²) < 4.78 is 1.03. The summed E-state index contributed by atoms with van der Waals surface area (Å²) in [6.07, 6.45) is 2.19. The predicted octanol–water partition coefficient (Wildman–Crippen LogP) is 2.81. The maximum Gasteiger partial charge on any atom is 0.253 e. The maximum atomic E-state index is 12.2. The minimum absolute atomic E-state index is 0.0115. The van der Waals surface area contributed by atoms with E-state index in [0.29, 0.717) is 11.1 Å². The number of nitrogens with one attached hydrogen (secondary N) is 2. The van der Waals surface area contributed by atoms with Crippen molar-refractivity contribution < 1.29 is 4.79 Å². The van der Waals surface area contributed by atoms with E-state index in [4.69, 9.17) is 0 Å². The molecule has 0 bridgehead atoms. The molecule has 0 radical (unpaired) electrons. The Kier molecular flexibility index (Phi) is 4.96. The van der Waals surface area contributed by atoms with E-state index in [1.54, 1.807) is 6.92 Å². The first kappa shape index (κ1) is 15.5. The number of benzene rings is 1. The summed E-state index contributed by atoms with van der Waals surface area (Å²) in [7, 11) is 0. The molecule has 2 rings (SSSR count). The molecule has 1 atom stereocenters. The SMILES string of the molecule is Cc1cc(=O)[nH]cc1C(=O)N[C@H](C)Cc1ccccc1Br. The van der Waals surface area contributed by atoms with Gasteiger partial charge in [-0.1, -0.05) is 34.1 Å². The summed E-state index contributed by atoms with van der Waals surface area (Å²) in [4.78, 5) is 25.9. The molecule has 21 heavy (non-hydrogen) atoms. The number of H-pyrrole nitrogens is 1. The highest BCUT2D eigenvalue weighted by Crippen LogP contribution is 2.17. The molecule has 1 aromatic carbocycles. The third-order valence-corrected chi connectivity index (χ3v) is 4.01. The average molecular weight is 349 g/mol. The maximum absolute atomic E-state index is 12.2. The van der Waals surface area contributed by atoms with Crippen molar-refractivity contribution in [3.63, 3.8) is 0 Å². The molecular formula is C16H17BrN2O2. The van der Waals surface area contributed by atoms with Gasteiger partial charge in [0.2, 0.25) is 5.56 Å². The number of rotatable bonds is 4. The van der Waals surface area contributed by atoms with Gasteiger partial charge in [0.15, 0.2) is 0 Å². The molecule has 0 spiro atoms. The third-order valence-electron chi connectivity index (χ3n) is 3.24. The number of aryl methyl sites for hydroxylation is 1. The van der Waals surface area contributed by atoms with Crippen LogP contribution < -0.4 is 10.9 Å². The zero-order valence-electron chi connectivity index (χ0n) is 11.9. The van der Waals surface area contributed by atoms with Gasteiger partial charge in [-0.15, -0.1) is 0 Å². The molecule has 2 aromatic rings. The van der Waals surface area contributed by atoms with Crippen LogP contribution in [0.2, 0.25) is 0 Å². The van der Waals surface area contributed by atoms with Gasteiger partial charge >= 0.3 is 0 Å². The largest absolute Gasteiger partial charge is 0.349 e. The number of pyridine rings is 1. The minimum Gasteiger partial charge on any atom is -0.349 e. The van der Waals surface area contributed by atoms with Gasteiger partial charge in [-0.3, -0.25) is 9.59 Å². The van der Waals surface area contributed by atoms with Crippen LogP contribution in [0.3, 0.4) is 0 Å². The van der Waals surface area contributed by atoms with Crippen LogP contribution in [0.4, 0.5) is 0 Å². The number of carbonyl (C=O) groups is 1. The molecule has 1 aromatic heterocycles. The van der Waals surface area contributed by atoms with Crippen molar-refractivity contribution in [1.82, 2.24) is 10.3 Å². The topological polar surface area (TPSA) is 62.0 Å². The van der Waals surface area contributed by atoms with E-state index in [1.165, 1.54) is 12.3 Å². The van der Waals surface area contributed by atoms with E-state index in [-0.39, 0.29) is 17.5 Å². The first-order valence-electron chi connectivity index (χ1n) is 6.71. The molecular weight excluding hydrogens is 332 g/mol. The summed E-state index contributed by atoms with van der Waals surface area (Å²) in [6, 6.07) is 9.35. The van der Waals surface area contributed by atoms with Gasteiger partial charge in [0, 0.05) is 22.8 Å². The second-order valence-electron chi connectivity index (χ2n) is 5.06. The Bertz CT molecular complexity index is 709. The van der Waals surface area contributed by atoms with Crippen LogP contribution in [0.25, 0.3) is 0 Å². The van der Waals surface area contributed by atoms with E-state index >= 15 is 0 Å². The Labute approximate surface area is 131 Å². The van der Waals surface area contributed by atoms with Gasteiger partial charge < -0.3 is 10.3 Å². The normalized spacial score (nSPS) is 12.0. The molecule has 0 saturated carbocycles. The number of amides is 1. The van der Waals surface area contributed by atoms with E-state index in [2.05, 4.69) is 26.2 Å². The van der Waals surface area contributed by atoms with E-state index in [1.807, 2.05) is 31.2 Å². The Morgan fingerprint density at radius 1 is 1.38 bits per heavy atom. The Balaban J connectivity index is 2.05. The van der Waals surface area contributed by atoms with Crippen molar-refractivity contribution >= 4 is 21.8 Å². The highest BCUT2D eigenvalue weighted by Gasteiger charge is 2.13. The average Bonchev–Trinajstić information content (AvgIpc) is 2.41. The van der Waals surface area contributed by atoms with Crippen LogP contribution in [0.5, 0.6) is 0 Å². The van der Waals surface area contributed by atoms with Gasteiger partial charge in [0.05, 0.1) is 5.56 Å². The number of hydrogen-bond acceptors (Lipinski definition) is 2. The summed E-state index contributed by atoms with van der Waals surface area (Å²) in [5, 5.41) is 2.95. The number of hydrogen-bond donors (Lipinski definition) is 2. The Morgan fingerprint density at radius 3 is 2.76 bits per heavy atom. The molecule has 1 amide bonds. The van der Waals surface area contributed by atoms with E-state index < -0.39 is 0 Å². The van der Waals surface area contributed by atoms with Crippen molar-refractivity contribution in [3.8, 4) is 0 Å². The molecule has 110 valence electrons. The zero-order chi connectivity index (χ0) is 15.4. The third kappa shape index (κ3) is 4.04. The molecule has 1 heterocycles. The number of aromatic amines is 1. The highest BCUT2D eigenvalue weighted by molar-refractivity contribution is 9.10. The molecule has 0 unspecified atom stereocenters. The molecule has 2 N–H and O–H groups in total. The Hall–Kier alpha value is -1.88. The zero-order valence-corrected chi connectivity index (χ0v) is 13.5. The van der Waals surface area contributed by atoms with Crippen molar-refractivity contribution in [3.05, 3.63) is 68.0 Å². The number of aromatic nitrogens is 1. The molecule has 0 aliphatic heterocycles. The predicted molar refractivity (Wildman–Crippen MR) is 86.6 cm³/mol. The molecule has 0 saturated heterocycles. The van der Waals surface area contributed by atoms with Crippen LogP contribution in [0, 0.1) is 6.92 Å². The monoisotopic (exact) mass is 348 g/mol. The minimum atomic E-state index is -0.203. The van der Waals surface area contributed by atoms with Crippen molar-refractivity contribution in [2.24, 2.45) is 0 Å². The molecule has 0 aliphatic carbocycles. The fraction of sp³-hybridized carbons (Fsp3) is 0.250. The molecule has 5 heteroatoms. The van der Waals surface area contributed by atoms with Gasteiger partial charge in [-0.25, -0.2) is 0 Å². The second kappa shape index (κ2) is 6.72. The lowest BCUT2D eigenvalue weighted by atomic mass is 10.1. The fourth-order valence-electron chi connectivity index (χ4n) is 2.16. The summed E-state index contributed by atoms with van der Waals surface area (Å²) in [5.41, 5.74) is 2.10. The van der Waals surface area contributed by atoms with Crippen LogP contribution in [-0.4, -0.2) is 16.9 Å². The fourth-order valence-corrected chi connectivity index (χ4v) is 2.61. The van der Waals surface area contributed by atoms with Crippen LogP contribution in [0.1, 0.15) is 28.4 Å². The first-order chi connectivity index (χ1) is 9.97. The van der Waals surface area contributed by atoms with Crippen molar-refractivity contribution in [2.45, 2.75) is 26.3 Å². The van der Waals surface area contributed by atoms with Gasteiger partial charge in [-0.2, -0.15) is 0 Å². The van der Waals surface area contributed by atoms with E-state index in [0.717, 1.165) is 16.5 Å². The quantitative estimate of drug-likeness (QED) is 0.892. The summed E-state index contributed by atoms with van der Waals surface area (Å²) >= 11 is 3.50. The second-order valence-corrected chi connectivity index (χ2v) is 5.92. The lowest BCUT2D eigenvalue weighted by Gasteiger charge is -2.15. The highest BCUT2D eigenvalue weighted by atomic mass is 79.9. The van der Waals surface area contributed by atoms with Crippen molar-refractivity contribution in [2.75, 3.05) is 0 Å². The lowest BCUT2D eigenvalue weighted by molar-refractivity contribution is 0.0939. The summed E-state index contributed by atoms with van der Waals surface area (Å²) in [5.74, 6) is -0.177. The Morgan fingerprint density at radius 2 is 2.10 bits per heavy atom. The lowest BCUT2D eigenvalue weighted by Crippen LogP contribution is -2.35.